The number of fused-ring (bicyclic) bond motifs is 2. The largest absolute Gasteiger partial charge is 0.507 e. The molecule has 0 bridgehead atoms. The van der Waals surface area contributed by atoms with Crippen LogP contribution in [0.2, 0.25) is 0 Å². The van der Waals surface area contributed by atoms with Crippen molar-refractivity contribution in [3.05, 3.63) is 251 Å². The number of hydrogen-bond donors (Lipinski definition) is 2. The van der Waals surface area contributed by atoms with Gasteiger partial charge in [0.15, 0.2) is 0 Å². The van der Waals surface area contributed by atoms with Gasteiger partial charge in [0.1, 0.15) is 21.5 Å². The number of rotatable bonds is 10. The number of benzene rings is 10. The number of aromatic hydroxyl groups is 2. The molecule has 0 aliphatic carbocycles. The van der Waals surface area contributed by atoms with Crippen molar-refractivity contribution in [2.24, 2.45) is 9.98 Å². The molecule has 10 aromatic carbocycles. The van der Waals surface area contributed by atoms with Crippen molar-refractivity contribution < 1.29 is 31.3 Å². The average molecular weight is 1370 g/mol. The summed E-state index contributed by atoms with van der Waals surface area (Å²) in [6.07, 6.45) is 3.41. The van der Waals surface area contributed by atoms with Crippen LogP contribution in [0.25, 0.3) is 86.1 Å². The van der Waals surface area contributed by atoms with E-state index in [0.29, 0.717) is 33.4 Å². The van der Waals surface area contributed by atoms with Crippen molar-refractivity contribution in [2.45, 2.75) is 52.4 Å². The zero-order chi connectivity index (χ0) is 61.7. The van der Waals surface area contributed by atoms with Gasteiger partial charge in [0.25, 0.3) is 0 Å². The van der Waals surface area contributed by atoms with Gasteiger partial charge in [0.05, 0.1) is 61.2 Å². The van der Waals surface area contributed by atoms with Crippen molar-refractivity contribution in [1.29, 1.82) is 21.0 Å². The number of nitriles is 4. The molecule has 12 aromatic rings. The predicted molar refractivity (Wildman–Crippen MR) is 358 cm³/mol. The second-order valence-electron chi connectivity index (χ2n) is 23.0. The van der Waals surface area contributed by atoms with Gasteiger partial charge in [0.2, 0.25) is 0 Å². The van der Waals surface area contributed by atoms with Gasteiger partial charge < -0.3 is 10.2 Å². The van der Waals surface area contributed by atoms with Crippen LogP contribution in [0.1, 0.15) is 86.1 Å². The summed E-state index contributed by atoms with van der Waals surface area (Å²) in [7, 11) is 0. The van der Waals surface area contributed by atoms with Crippen LogP contribution in [0.4, 0.5) is 11.4 Å². The second-order valence-corrected chi connectivity index (χ2v) is 25.0. The minimum Gasteiger partial charge on any atom is -0.507 e. The Bertz CT molecular complexity index is 4370. The monoisotopic (exact) mass is 1370 g/mol. The van der Waals surface area contributed by atoms with E-state index < -0.39 is 0 Å². The summed E-state index contributed by atoms with van der Waals surface area (Å²) in [6, 6.07) is 75.3. The molecule has 0 radical (unpaired) electrons. The minimum absolute atomic E-state index is 0. The summed E-state index contributed by atoms with van der Waals surface area (Å²) in [5, 5.41) is 59.9. The average Bonchev–Trinajstić information content (AvgIpc) is 3.35. The Balaban J connectivity index is 0.000000194. The van der Waals surface area contributed by atoms with Crippen molar-refractivity contribution in [3.8, 4) is 101 Å². The van der Waals surface area contributed by atoms with Crippen LogP contribution in [0, 0.1) is 51.4 Å². The number of aliphatic imine (C=N–C) groups is 2. The van der Waals surface area contributed by atoms with Crippen molar-refractivity contribution >= 4 is 66.9 Å². The number of nitrogens with zero attached hydrogens (tertiary/aromatic N) is 8. The van der Waals surface area contributed by atoms with Crippen LogP contribution in [-0.4, -0.2) is 32.6 Å². The van der Waals surface area contributed by atoms with Crippen LogP contribution in [0.5, 0.6) is 11.5 Å². The molecule has 0 aliphatic rings. The topological polar surface area (TPSA) is 186 Å². The molecule has 10 nitrogen and oxygen atoms in total. The molecule has 89 heavy (non-hydrogen) atoms. The maximum absolute atomic E-state index is 10.6. The summed E-state index contributed by atoms with van der Waals surface area (Å²) >= 11 is 3.17. The summed E-state index contributed by atoms with van der Waals surface area (Å²) in [6.45, 7) is 12.8. The first-order valence-corrected chi connectivity index (χ1v) is 29.9. The zero-order valence-electron chi connectivity index (χ0n) is 49.3. The smallest absolute Gasteiger partial charge is 0.126 e. The van der Waals surface area contributed by atoms with Crippen molar-refractivity contribution in [2.75, 3.05) is 0 Å². The fourth-order valence-electron chi connectivity index (χ4n) is 10.0. The van der Waals surface area contributed by atoms with Gasteiger partial charge in [-0.2, -0.15) is 15.8 Å². The van der Waals surface area contributed by atoms with Gasteiger partial charge in [0, 0.05) is 78.5 Å². The Morgan fingerprint density at radius 2 is 0.798 bits per heavy atom. The quantitative estimate of drug-likeness (QED) is 0.1000. The van der Waals surface area contributed by atoms with E-state index >= 15 is 0 Å². The third-order valence-electron chi connectivity index (χ3n) is 15.0. The molecule has 0 saturated heterocycles. The zero-order valence-corrected chi connectivity index (χ0v) is 53.2. The summed E-state index contributed by atoms with van der Waals surface area (Å²) < 4.78 is 2.01. The molecule has 0 saturated carbocycles. The number of hydrogen-bond acceptors (Lipinski definition) is 12. The first-order chi connectivity index (χ1) is 42.5. The van der Waals surface area contributed by atoms with Crippen molar-refractivity contribution in [3.63, 3.8) is 0 Å². The number of aromatic nitrogens is 2. The Hall–Kier alpha value is -10.4. The molecular weight excluding hydrogens is 1320 g/mol. The molecule has 434 valence electrons. The third-order valence-corrected chi connectivity index (χ3v) is 17.3. The van der Waals surface area contributed by atoms with Crippen LogP contribution in [0.15, 0.2) is 210 Å². The Morgan fingerprint density at radius 1 is 0.427 bits per heavy atom. The van der Waals surface area contributed by atoms with E-state index in [-0.39, 0.29) is 43.4 Å². The minimum atomic E-state index is -0.0636. The molecule has 2 heterocycles. The number of thiazole rings is 2. The number of phenolic OH excluding ortho intramolecular Hbond substituents is 2. The van der Waals surface area contributed by atoms with Crippen LogP contribution < -0.4 is 0 Å². The van der Waals surface area contributed by atoms with Gasteiger partial charge in [-0.1, -0.05) is 144 Å². The van der Waals surface area contributed by atoms with E-state index in [1.54, 1.807) is 59.4 Å². The van der Waals surface area contributed by atoms with E-state index in [9.17, 15) is 31.3 Å². The second kappa shape index (κ2) is 26.3. The molecule has 0 atom stereocenters. The standard InChI is InChI=1S/C38H28N4OS.C38H27N4OS.Pt/c2*1-38(2,3)29-16-19-34(43)28(20-29)23-41-33-7-5-4-6-32(33)37-42-35-30(26-12-8-24(21-39)9-13-26)17-18-31(36(35)44-37)27-14-10-25(22-40)11-15-27;/h4-20,23,43H,1-3H3;4-12,14-20,23,43H,1-3H3;/q;-1;. The van der Waals surface area contributed by atoms with Gasteiger partial charge >= 0.3 is 0 Å². The summed E-state index contributed by atoms with van der Waals surface area (Å²) in [5.74, 6) is 0.355. The van der Waals surface area contributed by atoms with E-state index in [2.05, 4.69) is 90.1 Å². The molecule has 13 heteroatoms. The molecular formula is C76H55N8O2PtS2-. The number of para-hydroxylation sites is 2. The van der Waals surface area contributed by atoms with Crippen LogP contribution in [0.3, 0.4) is 0 Å². The van der Waals surface area contributed by atoms with E-state index in [4.69, 9.17) is 20.0 Å². The summed E-state index contributed by atoms with van der Waals surface area (Å²) in [5.41, 5.74) is 18.4. The molecule has 0 fully saturated rings. The van der Waals surface area contributed by atoms with E-state index in [1.165, 1.54) is 0 Å². The Labute approximate surface area is 539 Å². The molecule has 12 rings (SSSR count). The van der Waals surface area contributed by atoms with Gasteiger partial charge in [-0.25, -0.2) is 15.2 Å². The van der Waals surface area contributed by atoms with Crippen LogP contribution in [-0.2, 0) is 31.9 Å². The van der Waals surface area contributed by atoms with Gasteiger partial charge in [-0.05, 0) is 135 Å². The Morgan fingerprint density at radius 3 is 1.19 bits per heavy atom. The maximum Gasteiger partial charge on any atom is 0.126 e. The van der Waals surface area contributed by atoms with Gasteiger partial charge in [-0.15, -0.1) is 52.5 Å². The van der Waals surface area contributed by atoms with E-state index in [0.717, 1.165) is 109 Å². The third kappa shape index (κ3) is 13.4. The van der Waals surface area contributed by atoms with Crippen molar-refractivity contribution in [1.82, 2.24) is 9.97 Å². The fourth-order valence-corrected chi connectivity index (χ4v) is 12.4. The molecule has 2 N–H and O–H groups in total. The summed E-state index contributed by atoms with van der Waals surface area (Å²) in [4.78, 5) is 20.0. The van der Waals surface area contributed by atoms with E-state index in [1.807, 2.05) is 158 Å². The molecule has 0 amide bonds. The molecule has 2 aromatic heterocycles. The molecule has 0 spiro atoms. The normalized spacial score (nSPS) is 11.3. The maximum atomic E-state index is 10.6. The first kappa shape index (κ1) is 61.6. The molecule has 0 aliphatic heterocycles. The molecule has 0 unspecified atom stereocenters. The van der Waals surface area contributed by atoms with Gasteiger partial charge in [-0.3, -0.25) is 9.98 Å². The van der Waals surface area contributed by atoms with Crippen LogP contribution >= 0.6 is 22.7 Å². The Kier molecular flexibility index (Phi) is 18.2. The predicted octanol–water partition coefficient (Wildman–Crippen LogP) is 19.4. The SMILES string of the molecule is CC(C)(C)c1ccc(O)c(C=Nc2ccccc2-c2nc3c(-c4[c-]cc(C#N)cc4)ccc(-c4ccc(C#N)cc4)c3s2)c1.CC(C)(C)c1ccc(O)c(C=Nc2ccccc2-c2nc3c(-c4ccc(C#N)cc4)ccc(-c4ccc(C#N)cc4)c3s2)c1.[Pt]. The number of phenols is 2. The first-order valence-electron chi connectivity index (χ1n) is 28.2. The fraction of sp³-hybridized carbons (Fsp3) is 0.105.